The Kier molecular flexibility index (Phi) is 3.56. The molecule has 0 radical (unpaired) electrons. The third kappa shape index (κ3) is 2.50. The van der Waals surface area contributed by atoms with Gasteiger partial charge in [-0.25, -0.2) is 8.78 Å². The number of amides is 1. The van der Waals surface area contributed by atoms with Gasteiger partial charge >= 0.3 is 0 Å². The van der Waals surface area contributed by atoms with Gasteiger partial charge in [-0.3, -0.25) is 9.48 Å². The summed E-state index contributed by atoms with van der Waals surface area (Å²) in [7, 11) is 1.63. The molecule has 78 valence electrons. The van der Waals surface area contributed by atoms with E-state index in [0.717, 1.165) is 0 Å². The lowest BCUT2D eigenvalue weighted by atomic mass is 10.3. The van der Waals surface area contributed by atoms with Crippen LogP contribution in [0.3, 0.4) is 0 Å². The van der Waals surface area contributed by atoms with Crippen LogP contribution in [0.15, 0.2) is 10.8 Å². The Labute approximate surface area is 87.4 Å². The van der Waals surface area contributed by atoms with E-state index in [1.165, 1.54) is 10.9 Å². The zero-order valence-corrected chi connectivity index (χ0v) is 8.88. The van der Waals surface area contributed by atoms with E-state index in [1.54, 1.807) is 7.05 Å². The van der Waals surface area contributed by atoms with Crippen molar-refractivity contribution in [3.05, 3.63) is 16.4 Å². The van der Waals surface area contributed by atoms with Gasteiger partial charge in [-0.05, 0) is 15.9 Å². The molecule has 0 saturated heterocycles. The van der Waals surface area contributed by atoms with Gasteiger partial charge < -0.3 is 5.32 Å². The summed E-state index contributed by atoms with van der Waals surface area (Å²) in [4.78, 5) is 11.3. The maximum absolute atomic E-state index is 11.8. The minimum Gasteiger partial charge on any atom is -0.346 e. The number of alkyl halides is 2. The Hall–Kier alpha value is -0.980. The monoisotopic (exact) mass is 267 g/mol. The van der Waals surface area contributed by atoms with Gasteiger partial charge in [0.25, 0.3) is 12.3 Å². The molecule has 0 aromatic carbocycles. The molecule has 0 aliphatic heterocycles. The van der Waals surface area contributed by atoms with Crippen molar-refractivity contribution in [3.8, 4) is 0 Å². The van der Waals surface area contributed by atoms with Gasteiger partial charge in [0.15, 0.2) is 0 Å². The quantitative estimate of drug-likeness (QED) is 0.894. The predicted molar refractivity (Wildman–Crippen MR) is 49.2 cm³/mol. The zero-order chi connectivity index (χ0) is 10.7. The molecule has 1 rings (SSSR count). The van der Waals surface area contributed by atoms with E-state index < -0.39 is 18.9 Å². The molecule has 14 heavy (non-hydrogen) atoms. The topological polar surface area (TPSA) is 46.9 Å². The minimum absolute atomic E-state index is 0.244. The highest BCUT2D eigenvalue weighted by Gasteiger charge is 2.14. The number of hydrogen-bond donors (Lipinski definition) is 1. The molecule has 1 N–H and O–H groups in total. The average Bonchev–Trinajstić information content (AvgIpc) is 2.44. The first kappa shape index (κ1) is 11.1. The molecule has 0 aliphatic carbocycles. The van der Waals surface area contributed by atoms with E-state index in [0.29, 0.717) is 4.60 Å². The molecule has 7 heteroatoms. The van der Waals surface area contributed by atoms with Crippen LogP contribution in [0.25, 0.3) is 0 Å². The van der Waals surface area contributed by atoms with Crippen molar-refractivity contribution < 1.29 is 13.6 Å². The summed E-state index contributed by atoms with van der Waals surface area (Å²) >= 11 is 3.11. The first-order valence-corrected chi connectivity index (χ1v) is 4.55. The largest absolute Gasteiger partial charge is 0.346 e. The first-order chi connectivity index (χ1) is 6.52. The van der Waals surface area contributed by atoms with Gasteiger partial charge in [-0.2, -0.15) is 5.10 Å². The smallest absolute Gasteiger partial charge is 0.255 e. The number of carbonyl (C=O) groups excluding carboxylic acids is 1. The lowest BCUT2D eigenvalue weighted by molar-refractivity contribution is 0.0891. The second-order valence-electron chi connectivity index (χ2n) is 2.57. The molecule has 0 saturated carbocycles. The lowest BCUT2D eigenvalue weighted by Gasteiger charge is -2.02. The molecule has 1 aromatic heterocycles. The molecule has 0 bridgehead atoms. The third-order valence-corrected chi connectivity index (χ3v) is 2.47. The van der Waals surface area contributed by atoms with E-state index in [2.05, 4.69) is 26.3 Å². The van der Waals surface area contributed by atoms with Gasteiger partial charge in [-0.1, -0.05) is 0 Å². The van der Waals surface area contributed by atoms with Gasteiger partial charge in [0.1, 0.15) is 4.60 Å². The molecular formula is C7H8BrF2N3O. The Balaban J connectivity index is 2.66. The number of halogens is 3. The summed E-state index contributed by atoms with van der Waals surface area (Å²) in [6.45, 7) is -0.653. The summed E-state index contributed by atoms with van der Waals surface area (Å²) in [5.41, 5.74) is 0.244. The van der Waals surface area contributed by atoms with Crippen molar-refractivity contribution in [1.82, 2.24) is 15.1 Å². The fraction of sp³-hybridized carbons (Fsp3) is 0.429. The van der Waals surface area contributed by atoms with Crippen molar-refractivity contribution in [2.75, 3.05) is 6.54 Å². The molecule has 0 unspecified atom stereocenters. The summed E-state index contributed by atoms with van der Waals surface area (Å²) in [5, 5.41) is 5.87. The SMILES string of the molecule is Cn1ncc(C(=O)NCC(F)F)c1Br. The van der Waals surface area contributed by atoms with E-state index in [4.69, 9.17) is 0 Å². The van der Waals surface area contributed by atoms with E-state index >= 15 is 0 Å². The van der Waals surface area contributed by atoms with Gasteiger partial charge in [0.2, 0.25) is 0 Å². The first-order valence-electron chi connectivity index (χ1n) is 3.76. The number of nitrogens with one attached hydrogen (secondary N) is 1. The van der Waals surface area contributed by atoms with Gasteiger partial charge in [-0.15, -0.1) is 0 Å². The van der Waals surface area contributed by atoms with Crippen molar-refractivity contribution in [3.63, 3.8) is 0 Å². The van der Waals surface area contributed by atoms with E-state index in [1.807, 2.05) is 0 Å². The van der Waals surface area contributed by atoms with Gasteiger partial charge in [0, 0.05) is 7.05 Å². The van der Waals surface area contributed by atoms with Gasteiger partial charge in [0.05, 0.1) is 18.3 Å². The second kappa shape index (κ2) is 4.50. The second-order valence-corrected chi connectivity index (χ2v) is 3.32. The lowest BCUT2D eigenvalue weighted by Crippen LogP contribution is -2.28. The van der Waals surface area contributed by atoms with E-state index in [9.17, 15) is 13.6 Å². The number of carbonyl (C=O) groups is 1. The number of aryl methyl sites for hydroxylation is 1. The maximum Gasteiger partial charge on any atom is 0.255 e. The van der Waals surface area contributed by atoms with Crippen molar-refractivity contribution >= 4 is 21.8 Å². The minimum atomic E-state index is -2.55. The van der Waals surface area contributed by atoms with Crippen LogP contribution < -0.4 is 5.32 Å². The number of hydrogen-bond acceptors (Lipinski definition) is 2. The molecule has 0 aliphatic rings. The number of rotatable bonds is 3. The summed E-state index contributed by atoms with van der Waals surface area (Å²) in [6.07, 6.45) is -1.24. The van der Waals surface area contributed by atoms with E-state index in [-0.39, 0.29) is 5.56 Å². The van der Waals surface area contributed by atoms with Crippen molar-refractivity contribution in [2.45, 2.75) is 6.43 Å². The zero-order valence-electron chi connectivity index (χ0n) is 7.30. The fourth-order valence-corrected chi connectivity index (χ4v) is 1.21. The molecular weight excluding hydrogens is 260 g/mol. The normalized spacial score (nSPS) is 10.6. The molecule has 0 atom stereocenters. The number of nitrogens with zero attached hydrogens (tertiary/aromatic N) is 2. The molecule has 4 nitrogen and oxygen atoms in total. The predicted octanol–water partition coefficient (Wildman–Crippen LogP) is 1.18. The van der Waals surface area contributed by atoms with Crippen LogP contribution in [0.1, 0.15) is 10.4 Å². The van der Waals surface area contributed by atoms with Crippen LogP contribution in [-0.2, 0) is 7.05 Å². The Morgan fingerprint density at radius 3 is 2.86 bits per heavy atom. The van der Waals surface area contributed by atoms with Crippen molar-refractivity contribution in [1.29, 1.82) is 0 Å². The van der Waals surface area contributed by atoms with Crippen LogP contribution >= 0.6 is 15.9 Å². The number of aromatic nitrogens is 2. The van der Waals surface area contributed by atoms with Crippen LogP contribution in [0.2, 0.25) is 0 Å². The van der Waals surface area contributed by atoms with Crippen molar-refractivity contribution in [2.24, 2.45) is 7.05 Å². The highest BCUT2D eigenvalue weighted by Crippen LogP contribution is 2.14. The van der Waals surface area contributed by atoms with Crippen LogP contribution in [0, 0.1) is 0 Å². The van der Waals surface area contributed by atoms with Crippen LogP contribution in [-0.4, -0.2) is 28.7 Å². The summed E-state index contributed by atoms with van der Waals surface area (Å²) in [6, 6.07) is 0. The van der Waals surface area contributed by atoms with Crippen LogP contribution in [0.5, 0.6) is 0 Å². The standard InChI is InChI=1S/C7H8BrF2N3O/c1-13-6(8)4(2-12-13)7(14)11-3-5(9)10/h2,5H,3H2,1H3,(H,11,14). The summed E-state index contributed by atoms with van der Waals surface area (Å²) in [5.74, 6) is -0.565. The highest BCUT2D eigenvalue weighted by molar-refractivity contribution is 9.10. The molecule has 0 spiro atoms. The molecule has 1 aromatic rings. The Morgan fingerprint density at radius 1 is 1.79 bits per heavy atom. The maximum atomic E-state index is 11.8. The Morgan fingerprint density at radius 2 is 2.43 bits per heavy atom. The average molecular weight is 268 g/mol. The fourth-order valence-electron chi connectivity index (χ4n) is 0.840. The highest BCUT2D eigenvalue weighted by atomic mass is 79.9. The summed E-state index contributed by atoms with van der Waals surface area (Å²) < 4.78 is 25.4. The molecule has 1 heterocycles. The molecule has 0 fully saturated rings. The Bertz CT molecular complexity index is 340. The van der Waals surface area contributed by atoms with Crippen LogP contribution in [0.4, 0.5) is 8.78 Å². The molecule has 1 amide bonds. The third-order valence-electron chi connectivity index (χ3n) is 1.53.